The van der Waals surface area contributed by atoms with Gasteiger partial charge in [-0.05, 0) is 54.1 Å². The minimum absolute atomic E-state index is 0.467. The lowest BCUT2D eigenvalue weighted by Crippen LogP contribution is -2.59. The fourth-order valence-electron chi connectivity index (χ4n) is 2.71. The van der Waals surface area contributed by atoms with E-state index in [1.165, 1.54) is 0 Å². The largest absolute Gasteiger partial charge is 0.419 e. The lowest BCUT2D eigenvalue weighted by Gasteiger charge is -2.45. The van der Waals surface area contributed by atoms with Gasteiger partial charge in [0.05, 0.1) is 12.3 Å². The van der Waals surface area contributed by atoms with Crippen molar-refractivity contribution in [2.45, 2.75) is 52.1 Å². The average molecular weight is 290 g/mol. The van der Waals surface area contributed by atoms with E-state index >= 15 is 0 Å². The molecule has 0 aliphatic carbocycles. The van der Waals surface area contributed by atoms with Crippen LogP contribution < -0.4 is 0 Å². The zero-order valence-corrected chi connectivity index (χ0v) is 15.5. The summed E-state index contributed by atoms with van der Waals surface area (Å²) in [6, 6.07) is 0. The molecule has 2 unspecified atom stereocenters. The molecule has 0 aliphatic rings. The summed E-state index contributed by atoms with van der Waals surface area (Å²) in [5.41, 5.74) is 0. The maximum atomic E-state index is 5.78. The third-order valence-electron chi connectivity index (χ3n) is 3.80. The van der Waals surface area contributed by atoms with E-state index in [1.54, 1.807) is 0 Å². The summed E-state index contributed by atoms with van der Waals surface area (Å²) in [6.07, 6.45) is 4.26. The quantitative estimate of drug-likeness (QED) is 0.479. The average Bonchev–Trinajstić information content (AvgIpc) is 2.29. The van der Waals surface area contributed by atoms with Crippen LogP contribution in [0.4, 0.5) is 0 Å². The van der Waals surface area contributed by atoms with Crippen LogP contribution in [0.25, 0.3) is 0 Å². The highest BCUT2D eigenvalue weighted by Crippen LogP contribution is 2.19. The minimum Gasteiger partial charge on any atom is -0.419 e. The number of nitrogens with zero attached hydrogens (tertiary/aromatic N) is 3. The molecule has 0 aromatic carbocycles. The first kappa shape index (κ1) is 19.1. The van der Waals surface area contributed by atoms with Gasteiger partial charge in [0.25, 0.3) is 0 Å². The van der Waals surface area contributed by atoms with Crippen LogP contribution in [0.1, 0.15) is 26.7 Å². The van der Waals surface area contributed by atoms with Crippen molar-refractivity contribution in [2.75, 3.05) is 41.5 Å². The first-order chi connectivity index (χ1) is 8.70. The zero-order chi connectivity index (χ0) is 15.2. The van der Waals surface area contributed by atoms with Crippen LogP contribution in [-0.2, 0) is 4.43 Å². The van der Waals surface area contributed by atoms with E-state index in [1.807, 2.05) is 7.11 Å². The number of hydrogen-bond donors (Lipinski definition) is 0. The lowest BCUT2D eigenvalue weighted by molar-refractivity contribution is -0.00943. The van der Waals surface area contributed by atoms with E-state index in [2.05, 4.69) is 69.8 Å². The normalized spacial score (nSPS) is 16.4. The van der Waals surface area contributed by atoms with Gasteiger partial charge in [-0.2, -0.15) is 0 Å². The molecule has 0 bridgehead atoms. The molecule has 0 rings (SSSR count). The van der Waals surface area contributed by atoms with E-state index < -0.39 is 8.32 Å². The van der Waals surface area contributed by atoms with E-state index in [0.29, 0.717) is 12.3 Å². The van der Waals surface area contributed by atoms with Crippen LogP contribution in [0, 0.1) is 0 Å². The summed E-state index contributed by atoms with van der Waals surface area (Å²) in [5, 5.41) is 0. The van der Waals surface area contributed by atoms with Gasteiger partial charge < -0.3 is 4.43 Å². The van der Waals surface area contributed by atoms with Crippen LogP contribution in [0.3, 0.4) is 0 Å². The Morgan fingerprint density at radius 1 is 0.895 bits per heavy atom. The Morgan fingerprint density at radius 2 is 1.26 bits per heavy atom. The predicted molar refractivity (Wildman–Crippen MR) is 86.7 cm³/mol. The summed E-state index contributed by atoms with van der Waals surface area (Å²) >= 11 is 0. The summed E-state index contributed by atoms with van der Waals surface area (Å²) in [5.74, 6) is 0. The SMILES string of the molecule is CCC(N(C)C)N(C[Si](C)(C)OC)C(CC)N(C)C. The van der Waals surface area contributed by atoms with Gasteiger partial charge in [0.2, 0.25) is 0 Å². The topological polar surface area (TPSA) is 19.0 Å². The molecule has 2 atom stereocenters. The van der Waals surface area contributed by atoms with Crippen molar-refractivity contribution in [1.29, 1.82) is 0 Å². The fraction of sp³-hybridized carbons (Fsp3) is 1.00. The van der Waals surface area contributed by atoms with E-state index in [0.717, 1.165) is 19.0 Å². The van der Waals surface area contributed by atoms with Crippen molar-refractivity contribution in [2.24, 2.45) is 0 Å². The predicted octanol–water partition coefficient (Wildman–Crippen LogP) is 2.27. The van der Waals surface area contributed by atoms with Crippen molar-refractivity contribution in [3.8, 4) is 0 Å². The zero-order valence-electron chi connectivity index (χ0n) is 14.5. The molecule has 0 saturated heterocycles. The molecule has 116 valence electrons. The first-order valence-corrected chi connectivity index (χ1v) is 10.4. The molecular formula is C14H35N3OSi. The van der Waals surface area contributed by atoms with Crippen molar-refractivity contribution in [3.05, 3.63) is 0 Å². The van der Waals surface area contributed by atoms with Gasteiger partial charge in [-0.1, -0.05) is 13.8 Å². The Kier molecular flexibility index (Phi) is 8.39. The van der Waals surface area contributed by atoms with Gasteiger partial charge >= 0.3 is 0 Å². The van der Waals surface area contributed by atoms with Crippen LogP contribution in [0.2, 0.25) is 13.1 Å². The van der Waals surface area contributed by atoms with Crippen LogP contribution in [-0.4, -0.2) is 76.8 Å². The van der Waals surface area contributed by atoms with Crippen LogP contribution >= 0.6 is 0 Å². The van der Waals surface area contributed by atoms with E-state index in [-0.39, 0.29) is 0 Å². The van der Waals surface area contributed by atoms with Gasteiger partial charge in [0, 0.05) is 13.3 Å². The molecule has 0 amide bonds. The van der Waals surface area contributed by atoms with Gasteiger partial charge in [-0.15, -0.1) is 0 Å². The Bertz CT molecular complexity index is 231. The maximum absolute atomic E-state index is 5.78. The molecule has 0 aromatic heterocycles. The first-order valence-electron chi connectivity index (χ1n) is 7.33. The molecule has 0 saturated carbocycles. The summed E-state index contributed by atoms with van der Waals surface area (Å²) in [6.45, 7) is 9.12. The van der Waals surface area contributed by atoms with Crippen LogP contribution in [0.5, 0.6) is 0 Å². The van der Waals surface area contributed by atoms with Gasteiger partial charge in [0.1, 0.15) is 0 Å². The third kappa shape index (κ3) is 5.91. The lowest BCUT2D eigenvalue weighted by atomic mass is 10.2. The van der Waals surface area contributed by atoms with E-state index in [9.17, 15) is 0 Å². The van der Waals surface area contributed by atoms with Crippen molar-refractivity contribution in [1.82, 2.24) is 14.7 Å². The second kappa shape index (κ2) is 8.37. The van der Waals surface area contributed by atoms with Gasteiger partial charge in [-0.3, -0.25) is 14.7 Å². The molecular weight excluding hydrogens is 254 g/mol. The molecule has 0 aromatic rings. The van der Waals surface area contributed by atoms with Crippen molar-refractivity contribution in [3.63, 3.8) is 0 Å². The van der Waals surface area contributed by atoms with Gasteiger partial charge in [-0.25, -0.2) is 0 Å². The van der Waals surface area contributed by atoms with Crippen LogP contribution in [0.15, 0.2) is 0 Å². The van der Waals surface area contributed by atoms with E-state index in [4.69, 9.17) is 4.43 Å². The number of rotatable bonds is 9. The van der Waals surface area contributed by atoms with Gasteiger partial charge in [0.15, 0.2) is 8.32 Å². The molecule has 0 aliphatic heterocycles. The highest BCUT2D eigenvalue weighted by molar-refractivity contribution is 6.71. The molecule has 4 nitrogen and oxygen atoms in total. The maximum Gasteiger partial charge on any atom is 0.200 e. The highest BCUT2D eigenvalue weighted by Gasteiger charge is 2.33. The second-order valence-corrected chi connectivity index (χ2v) is 10.6. The minimum atomic E-state index is -1.62. The molecule has 0 N–H and O–H groups in total. The smallest absolute Gasteiger partial charge is 0.200 e. The van der Waals surface area contributed by atoms with Crippen molar-refractivity contribution >= 4 is 8.32 Å². The molecule has 0 fully saturated rings. The number of hydrogen-bond acceptors (Lipinski definition) is 4. The Balaban J connectivity index is 5.22. The molecule has 0 spiro atoms. The third-order valence-corrected chi connectivity index (χ3v) is 6.04. The molecule has 19 heavy (non-hydrogen) atoms. The molecule has 0 heterocycles. The highest BCUT2D eigenvalue weighted by atomic mass is 28.4. The second-order valence-electron chi connectivity index (χ2n) is 6.34. The Morgan fingerprint density at radius 3 is 1.47 bits per heavy atom. The summed E-state index contributed by atoms with van der Waals surface area (Å²) in [7, 11) is 8.93. The van der Waals surface area contributed by atoms with Crippen molar-refractivity contribution < 1.29 is 4.43 Å². The summed E-state index contributed by atoms with van der Waals surface area (Å²) in [4.78, 5) is 7.27. The molecule has 0 radical (unpaired) electrons. The Labute approximate surface area is 121 Å². The monoisotopic (exact) mass is 289 g/mol. The standard InChI is InChI=1S/C14H35N3OSi/c1-10-13(15(3)4)17(12-19(8,9)18-7)14(11-2)16(5)6/h13-14H,10-12H2,1-9H3. The summed E-state index contributed by atoms with van der Waals surface area (Å²) < 4.78 is 5.78. The Hall–Kier alpha value is 0.0569. The fourth-order valence-corrected chi connectivity index (χ4v) is 4.14. The molecule has 5 heteroatoms.